The van der Waals surface area contributed by atoms with Crippen LogP contribution in [0.25, 0.3) is 0 Å². The molecule has 0 unspecified atom stereocenters. The Balaban J connectivity index is 1.39. The first kappa shape index (κ1) is 13.8. The average Bonchev–Trinajstić information content (AvgIpc) is 2.45. The van der Waals surface area contributed by atoms with Gasteiger partial charge >= 0.3 is 0 Å². The zero-order valence-electron chi connectivity index (χ0n) is 12.0. The van der Waals surface area contributed by atoms with Crippen LogP contribution in [0.2, 0.25) is 5.02 Å². The SMILES string of the molecule is S=C(Nc1ccc(Cl)cc1)NC1C2CC3CC(C2)CC1C3. The van der Waals surface area contributed by atoms with Crippen molar-refractivity contribution in [2.45, 2.75) is 38.1 Å². The molecule has 0 aliphatic heterocycles. The molecule has 1 aromatic rings. The largest absolute Gasteiger partial charge is 0.359 e. The van der Waals surface area contributed by atoms with Gasteiger partial charge in [0.1, 0.15) is 0 Å². The Bertz CT molecular complexity index is 514. The lowest BCUT2D eigenvalue weighted by Crippen LogP contribution is -2.56. The van der Waals surface area contributed by atoms with Crippen LogP contribution in [0.3, 0.4) is 0 Å². The number of nitrogens with one attached hydrogen (secondary N) is 2. The van der Waals surface area contributed by atoms with E-state index >= 15 is 0 Å². The fourth-order valence-electron chi connectivity index (χ4n) is 5.01. The molecule has 4 aliphatic carbocycles. The Kier molecular flexibility index (Phi) is 3.58. The molecule has 4 aliphatic rings. The lowest BCUT2D eigenvalue weighted by molar-refractivity contribution is -0.00665. The van der Waals surface area contributed by atoms with Crippen LogP contribution in [0.1, 0.15) is 32.1 Å². The van der Waals surface area contributed by atoms with Gasteiger partial charge in [0.15, 0.2) is 5.11 Å². The summed E-state index contributed by atoms with van der Waals surface area (Å²) in [5.74, 6) is 3.68. The summed E-state index contributed by atoms with van der Waals surface area (Å²) >= 11 is 11.4. The molecule has 0 saturated heterocycles. The highest BCUT2D eigenvalue weighted by molar-refractivity contribution is 7.80. The molecule has 0 amide bonds. The van der Waals surface area contributed by atoms with Gasteiger partial charge in [-0.25, -0.2) is 0 Å². The number of thiocarbonyl (C=S) groups is 1. The van der Waals surface area contributed by atoms with Crippen molar-refractivity contribution in [2.24, 2.45) is 23.7 Å². The third kappa shape index (κ3) is 2.78. The van der Waals surface area contributed by atoms with Gasteiger partial charge in [-0.15, -0.1) is 0 Å². The van der Waals surface area contributed by atoms with Gasteiger partial charge in [-0.1, -0.05) is 11.6 Å². The molecule has 21 heavy (non-hydrogen) atoms. The van der Waals surface area contributed by atoms with E-state index in [2.05, 4.69) is 10.6 Å². The van der Waals surface area contributed by atoms with Gasteiger partial charge in [0, 0.05) is 16.8 Å². The van der Waals surface area contributed by atoms with E-state index in [-0.39, 0.29) is 0 Å². The average molecular weight is 321 g/mol. The maximum atomic E-state index is 5.91. The minimum Gasteiger partial charge on any atom is -0.359 e. The normalized spacial score (nSPS) is 36.5. The highest BCUT2D eigenvalue weighted by atomic mass is 35.5. The number of hydrogen-bond acceptors (Lipinski definition) is 1. The zero-order chi connectivity index (χ0) is 14.4. The van der Waals surface area contributed by atoms with Crippen molar-refractivity contribution in [2.75, 3.05) is 5.32 Å². The van der Waals surface area contributed by atoms with Gasteiger partial charge in [-0.2, -0.15) is 0 Å². The van der Waals surface area contributed by atoms with Crippen molar-refractivity contribution in [3.05, 3.63) is 29.3 Å². The van der Waals surface area contributed by atoms with E-state index in [1.54, 1.807) is 0 Å². The van der Waals surface area contributed by atoms with E-state index < -0.39 is 0 Å². The highest BCUT2D eigenvalue weighted by Gasteiger charge is 2.48. The molecule has 2 N–H and O–H groups in total. The molecule has 4 bridgehead atoms. The second kappa shape index (κ2) is 5.44. The molecule has 2 nitrogen and oxygen atoms in total. The standard InChI is InChI=1S/C17H21ClN2S/c18-14-1-3-15(4-2-14)19-17(21)20-16-12-6-10-5-11(8-12)9-13(16)7-10/h1-4,10-13,16H,5-9H2,(H2,19,20,21). The molecule has 4 heteroatoms. The van der Waals surface area contributed by atoms with Gasteiger partial charge in [-0.3, -0.25) is 0 Å². The summed E-state index contributed by atoms with van der Waals surface area (Å²) in [4.78, 5) is 0. The number of hydrogen-bond donors (Lipinski definition) is 2. The van der Waals surface area contributed by atoms with Gasteiger partial charge in [0.05, 0.1) is 0 Å². The molecular formula is C17H21ClN2S. The second-order valence-corrected chi connectivity index (χ2v) is 7.91. The minimum atomic E-state index is 0.588. The van der Waals surface area contributed by atoms with E-state index in [4.69, 9.17) is 23.8 Å². The maximum absolute atomic E-state index is 5.91. The summed E-state index contributed by atoms with van der Waals surface area (Å²) in [6.45, 7) is 0. The fraction of sp³-hybridized carbons (Fsp3) is 0.588. The molecule has 1 aromatic carbocycles. The van der Waals surface area contributed by atoms with E-state index in [1.165, 1.54) is 32.1 Å². The van der Waals surface area contributed by atoms with Crippen LogP contribution in [0.5, 0.6) is 0 Å². The van der Waals surface area contributed by atoms with Crippen LogP contribution in [-0.4, -0.2) is 11.2 Å². The van der Waals surface area contributed by atoms with Crippen LogP contribution in [0.15, 0.2) is 24.3 Å². The van der Waals surface area contributed by atoms with Crippen molar-refractivity contribution < 1.29 is 0 Å². The number of anilines is 1. The first-order valence-corrected chi connectivity index (χ1v) is 8.79. The molecule has 0 aromatic heterocycles. The number of rotatable bonds is 2. The zero-order valence-corrected chi connectivity index (χ0v) is 13.6. The van der Waals surface area contributed by atoms with E-state index in [1.807, 2.05) is 24.3 Å². The summed E-state index contributed by atoms with van der Waals surface area (Å²) in [6, 6.07) is 8.29. The van der Waals surface area contributed by atoms with Gasteiger partial charge in [0.25, 0.3) is 0 Å². The van der Waals surface area contributed by atoms with Gasteiger partial charge in [-0.05, 0) is 92.3 Å². The summed E-state index contributed by atoms with van der Waals surface area (Å²) in [5, 5.41) is 8.41. The number of benzene rings is 1. The Morgan fingerprint density at radius 3 is 2.10 bits per heavy atom. The second-order valence-electron chi connectivity index (χ2n) is 7.06. The van der Waals surface area contributed by atoms with Crippen molar-refractivity contribution in [1.29, 1.82) is 0 Å². The molecule has 112 valence electrons. The maximum Gasteiger partial charge on any atom is 0.171 e. The molecule has 5 rings (SSSR count). The van der Waals surface area contributed by atoms with Crippen LogP contribution in [0, 0.1) is 23.7 Å². The van der Waals surface area contributed by atoms with Crippen LogP contribution in [-0.2, 0) is 0 Å². The third-order valence-corrected chi connectivity index (χ3v) is 6.10. The predicted octanol–water partition coefficient (Wildman–Crippen LogP) is 4.45. The lowest BCUT2D eigenvalue weighted by Gasteiger charge is -2.54. The molecule has 4 fully saturated rings. The summed E-state index contributed by atoms with van der Waals surface area (Å²) in [6.07, 6.45) is 7.14. The van der Waals surface area contributed by atoms with Crippen LogP contribution < -0.4 is 10.6 Å². The van der Waals surface area contributed by atoms with Gasteiger partial charge < -0.3 is 10.6 Å². The van der Waals surface area contributed by atoms with Crippen molar-refractivity contribution in [1.82, 2.24) is 5.32 Å². The van der Waals surface area contributed by atoms with Crippen molar-refractivity contribution >= 4 is 34.6 Å². The molecule has 0 heterocycles. The first-order chi connectivity index (χ1) is 10.2. The summed E-state index contributed by atoms with van der Waals surface area (Å²) in [5.41, 5.74) is 1.00. The Morgan fingerprint density at radius 1 is 0.952 bits per heavy atom. The monoisotopic (exact) mass is 320 g/mol. The minimum absolute atomic E-state index is 0.588. The van der Waals surface area contributed by atoms with E-state index in [9.17, 15) is 0 Å². The van der Waals surface area contributed by atoms with Crippen molar-refractivity contribution in [3.8, 4) is 0 Å². The third-order valence-electron chi connectivity index (χ3n) is 5.63. The van der Waals surface area contributed by atoms with E-state index in [0.717, 1.165) is 39.5 Å². The van der Waals surface area contributed by atoms with Crippen LogP contribution in [0.4, 0.5) is 5.69 Å². The molecule has 0 radical (unpaired) electrons. The fourth-order valence-corrected chi connectivity index (χ4v) is 5.39. The smallest absolute Gasteiger partial charge is 0.171 e. The molecule has 0 spiro atoms. The van der Waals surface area contributed by atoms with Gasteiger partial charge in [0.2, 0.25) is 0 Å². The summed E-state index contributed by atoms with van der Waals surface area (Å²) < 4.78 is 0. The quantitative estimate of drug-likeness (QED) is 0.787. The Hall–Kier alpha value is -0.800. The predicted molar refractivity (Wildman–Crippen MR) is 91.6 cm³/mol. The Labute approximate surface area is 136 Å². The van der Waals surface area contributed by atoms with Crippen molar-refractivity contribution in [3.63, 3.8) is 0 Å². The molecule has 4 saturated carbocycles. The lowest BCUT2D eigenvalue weighted by atomic mass is 9.54. The molecule has 0 atom stereocenters. The van der Waals surface area contributed by atoms with E-state index in [0.29, 0.717) is 6.04 Å². The summed E-state index contributed by atoms with van der Waals surface area (Å²) in [7, 11) is 0. The topological polar surface area (TPSA) is 24.1 Å². The van der Waals surface area contributed by atoms with Crippen LogP contribution >= 0.6 is 23.8 Å². The number of halogens is 1. The molecular weight excluding hydrogens is 300 g/mol. The highest BCUT2D eigenvalue weighted by Crippen LogP contribution is 2.53. The first-order valence-electron chi connectivity index (χ1n) is 8.00. The Morgan fingerprint density at radius 2 is 1.52 bits per heavy atom.